The molecule has 2 aromatic heterocycles. The largest absolute Gasteiger partial charge is 0.449 e. The summed E-state index contributed by atoms with van der Waals surface area (Å²) in [5, 5.41) is 9.97. The number of hydrogen-bond donors (Lipinski definition) is 2. The predicted molar refractivity (Wildman–Crippen MR) is 84.8 cm³/mol. The summed E-state index contributed by atoms with van der Waals surface area (Å²) in [5.74, 6) is 0.589. The van der Waals surface area contributed by atoms with Crippen molar-refractivity contribution in [3.05, 3.63) is 40.4 Å². The zero-order valence-corrected chi connectivity index (χ0v) is 12.5. The van der Waals surface area contributed by atoms with E-state index < -0.39 is 0 Å². The second-order valence-corrected chi connectivity index (χ2v) is 5.29. The third-order valence-electron chi connectivity index (χ3n) is 3.61. The summed E-state index contributed by atoms with van der Waals surface area (Å²) in [5.41, 5.74) is 1.24. The minimum atomic E-state index is -0.267. The fraction of sp³-hybridized carbons (Fsp3) is 0.375. The summed E-state index contributed by atoms with van der Waals surface area (Å²) in [6, 6.07) is 7.49. The Kier molecular flexibility index (Phi) is 4.22. The van der Waals surface area contributed by atoms with Gasteiger partial charge in [-0.3, -0.25) is 9.69 Å². The molecule has 0 saturated heterocycles. The number of para-hydroxylation sites is 1. The first-order valence-electron chi connectivity index (χ1n) is 7.46. The molecule has 0 radical (unpaired) electrons. The molecule has 0 fully saturated rings. The van der Waals surface area contributed by atoms with Crippen molar-refractivity contribution in [2.24, 2.45) is 0 Å². The summed E-state index contributed by atoms with van der Waals surface area (Å²) in [6.07, 6.45) is 0.973. The van der Waals surface area contributed by atoms with E-state index in [4.69, 9.17) is 9.52 Å². The molecule has 22 heavy (non-hydrogen) atoms. The van der Waals surface area contributed by atoms with Crippen LogP contribution in [0.5, 0.6) is 0 Å². The number of rotatable bonds is 6. The average molecular weight is 301 g/mol. The van der Waals surface area contributed by atoms with E-state index in [1.807, 2.05) is 24.3 Å². The molecule has 0 atom stereocenters. The van der Waals surface area contributed by atoms with Crippen LogP contribution in [0.3, 0.4) is 0 Å². The molecule has 0 bridgehead atoms. The van der Waals surface area contributed by atoms with Crippen LogP contribution in [-0.2, 0) is 6.54 Å². The van der Waals surface area contributed by atoms with Crippen LogP contribution in [0.2, 0.25) is 0 Å². The van der Waals surface area contributed by atoms with Gasteiger partial charge < -0.3 is 14.5 Å². The van der Waals surface area contributed by atoms with Gasteiger partial charge in [-0.1, -0.05) is 19.1 Å². The zero-order valence-electron chi connectivity index (χ0n) is 12.5. The van der Waals surface area contributed by atoms with Gasteiger partial charge in [0, 0.05) is 11.9 Å². The van der Waals surface area contributed by atoms with Crippen LogP contribution < -0.4 is 5.56 Å². The van der Waals surface area contributed by atoms with Gasteiger partial charge in [-0.05, 0) is 25.1 Å². The minimum Gasteiger partial charge on any atom is -0.449 e. The summed E-state index contributed by atoms with van der Waals surface area (Å²) in [4.78, 5) is 21.6. The molecule has 116 valence electrons. The van der Waals surface area contributed by atoms with Crippen molar-refractivity contribution in [1.82, 2.24) is 14.9 Å². The molecule has 3 aromatic rings. The lowest BCUT2D eigenvalue weighted by molar-refractivity contribution is 0.187. The molecule has 0 aliphatic heterocycles. The highest BCUT2D eigenvalue weighted by molar-refractivity contribution is 6.01. The summed E-state index contributed by atoms with van der Waals surface area (Å²) in [6.45, 7) is 4.06. The molecule has 0 unspecified atom stereocenters. The molecule has 6 nitrogen and oxygen atoms in total. The van der Waals surface area contributed by atoms with E-state index in [-0.39, 0.29) is 17.7 Å². The first-order valence-corrected chi connectivity index (χ1v) is 7.46. The van der Waals surface area contributed by atoms with Gasteiger partial charge in [0.05, 0.1) is 13.2 Å². The Hall–Kier alpha value is -2.18. The first-order chi connectivity index (χ1) is 10.7. The Morgan fingerprint density at radius 2 is 2.14 bits per heavy atom. The van der Waals surface area contributed by atoms with Crippen LogP contribution in [0.25, 0.3) is 22.1 Å². The SMILES string of the molecule is CCCN(CCO)Cc1nc2c(oc3ccccc32)c(=O)[nH]1. The summed E-state index contributed by atoms with van der Waals surface area (Å²) >= 11 is 0. The van der Waals surface area contributed by atoms with Crippen molar-refractivity contribution >= 4 is 22.1 Å². The fourth-order valence-electron chi connectivity index (χ4n) is 2.66. The molecule has 0 aliphatic carbocycles. The van der Waals surface area contributed by atoms with Crippen LogP contribution in [0, 0.1) is 0 Å². The lowest BCUT2D eigenvalue weighted by Gasteiger charge is -2.19. The highest BCUT2D eigenvalue weighted by Gasteiger charge is 2.14. The van der Waals surface area contributed by atoms with Crippen molar-refractivity contribution in [3.8, 4) is 0 Å². The van der Waals surface area contributed by atoms with Crippen LogP contribution in [0.4, 0.5) is 0 Å². The van der Waals surface area contributed by atoms with E-state index in [9.17, 15) is 4.79 Å². The van der Waals surface area contributed by atoms with E-state index in [0.29, 0.717) is 30.0 Å². The van der Waals surface area contributed by atoms with Crippen LogP contribution >= 0.6 is 0 Å². The second-order valence-electron chi connectivity index (χ2n) is 5.29. The number of benzene rings is 1. The Morgan fingerprint density at radius 3 is 2.91 bits per heavy atom. The minimum absolute atomic E-state index is 0.0844. The first kappa shape index (κ1) is 14.7. The molecular formula is C16H19N3O3. The normalized spacial score (nSPS) is 11.8. The van der Waals surface area contributed by atoms with E-state index in [2.05, 4.69) is 21.8 Å². The Balaban J connectivity index is 2.04. The van der Waals surface area contributed by atoms with Gasteiger partial charge in [-0.2, -0.15) is 0 Å². The quantitative estimate of drug-likeness (QED) is 0.726. The van der Waals surface area contributed by atoms with E-state index in [1.54, 1.807) is 0 Å². The standard InChI is InChI=1S/C16H19N3O3/c1-2-7-19(8-9-20)10-13-17-14-11-5-3-4-6-12(11)22-15(14)16(21)18-13/h3-6,20H,2,7-10H2,1H3,(H,17,18,21). The molecule has 0 amide bonds. The third-order valence-corrected chi connectivity index (χ3v) is 3.61. The molecule has 0 aliphatic rings. The van der Waals surface area contributed by atoms with Gasteiger partial charge in [0.2, 0.25) is 5.58 Å². The molecule has 2 heterocycles. The van der Waals surface area contributed by atoms with Gasteiger partial charge in [0.15, 0.2) is 0 Å². The average Bonchev–Trinajstić information content (AvgIpc) is 2.87. The van der Waals surface area contributed by atoms with Gasteiger partial charge in [0.1, 0.15) is 16.9 Å². The fourth-order valence-corrected chi connectivity index (χ4v) is 2.66. The van der Waals surface area contributed by atoms with Gasteiger partial charge in [0.25, 0.3) is 5.56 Å². The monoisotopic (exact) mass is 301 g/mol. The van der Waals surface area contributed by atoms with E-state index in [1.165, 1.54) is 0 Å². The van der Waals surface area contributed by atoms with Gasteiger partial charge >= 0.3 is 0 Å². The van der Waals surface area contributed by atoms with Crippen LogP contribution in [-0.4, -0.2) is 39.7 Å². The molecule has 3 rings (SSSR count). The number of aromatic nitrogens is 2. The highest BCUT2D eigenvalue weighted by atomic mass is 16.3. The molecule has 0 saturated carbocycles. The number of H-pyrrole nitrogens is 1. The number of fused-ring (bicyclic) bond motifs is 3. The highest BCUT2D eigenvalue weighted by Crippen LogP contribution is 2.24. The Morgan fingerprint density at radius 1 is 1.32 bits per heavy atom. The van der Waals surface area contributed by atoms with Crippen LogP contribution in [0.15, 0.2) is 33.5 Å². The maximum absolute atomic E-state index is 12.2. The predicted octanol–water partition coefficient (Wildman–Crippen LogP) is 1.87. The number of nitrogens with zero attached hydrogens (tertiary/aromatic N) is 2. The second kappa shape index (κ2) is 6.29. The number of aliphatic hydroxyl groups excluding tert-OH is 1. The van der Waals surface area contributed by atoms with Crippen molar-refractivity contribution < 1.29 is 9.52 Å². The van der Waals surface area contributed by atoms with E-state index in [0.717, 1.165) is 18.4 Å². The van der Waals surface area contributed by atoms with Crippen molar-refractivity contribution in [2.45, 2.75) is 19.9 Å². The number of aliphatic hydroxyl groups is 1. The van der Waals surface area contributed by atoms with E-state index >= 15 is 0 Å². The zero-order chi connectivity index (χ0) is 15.5. The molecule has 1 aromatic carbocycles. The van der Waals surface area contributed by atoms with Crippen LogP contribution in [0.1, 0.15) is 19.2 Å². The summed E-state index contributed by atoms with van der Waals surface area (Å²) in [7, 11) is 0. The lowest BCUT2D eigenvalue weighted by Crippen LogP contribution is -2.29. The number of aromatic amines is 1. The molecule has 6 heteroatoms. The Bertz CT molecular complexity index is 831. The molecule has 2 N–H and O–H groups in total. The summed E-state index contributed by atoms with van der Waals surface area (Å²) < 4.78 is 5.58. The topological polar surface area (TPSA) is 82.4 Å². The van der Waals surface area contributed by atoms with Gasteiger partial charge in [-0.25, -0.2) is 4.98 Å². The van der Waals surface area contributed by atoms with Crippen molar-refractivity contribution in [1.29, 1.82) is 0 Å². The molecule has 0 spiro atoms. The maximum Gasteiger partial charge on any atom is 0.294 e. The maximum atomic E-state index is 12.2. The number of nitrogens with one attached hydrogen (secondary N) is 1. The van der Waals surface area contributed by atoms with Crippen molar-refractivity contribution in [3.63, 3.8) is 0 Å². The lowest BCUT2D eigenvalue weighted by atomic mass is 10.2. The number of hydrogen-bond acceptors (Lipinski definition) is 5. The Labute approximate surface area is 127 Å². The van der Waals surface area contributed by atoms with Crippen molar-refractivity contribution in [2.75, 3.05) is 19.7 Å². The molecular weight excluding hydrogens is 282 g/mol. The number of furan rings is 1. The smallest absolute Gasteiger partial charge is 0.294 e. The third kappa shape index (κ3) is 2.75. The van der Waals surface area contributed by atoms with Gasteiger partial charge in [-0.15, -0.1) is 0 Å².